The molecule has 1 aliphatic rings. The van der Waals surface area contributed by atoms with Crippen molar-refractivity contribution in [1.82, 2.24) is 10.6 Å². The van der Waals surface area contributed by atoms with E-state index in [9.17, 15) is 4.79 Å². The molecule has 0 aromatic heterocycles. The summed E-state index contributed by atoms with van der Waals surface area (Å²) < 4.78 is 17.5. The lowest BCUT2D eigenvalue weighted by Gasteiger charge is -2.20. The molecule has 0 fully saturated rings. The standard InChI is InChI=1S/C28H31ClN2O4/c1-18(2)35-26-15-20(7-8-22(26)17-30-11-12-31-19(3)32)23-5-4-6-24(28(23)29)21-9-10-25-27(16-21)34-14-13-33-25/h4-10,15-16,18,30H,11-14,17H2,1-3H3,(H,31,32). The van der Waals surface area contributed by atoms with E-state index < -0.39 is 0 Å². The molecule has 0 radical (unpaired) electrons. The number of nitrogens with one attached hydrogen (secondary N) is 2. The molecule has 2 N–H and O–H groups in total. The summed E-state index contributed by atoms with van der Waals surface area (Å²) in [6.07, 6.45) is 0.0305. The fourth-order valence-electron chi connectivity index (χ4n) is 3.97. The van der Waals surface area contributed by atoms with Crippen molar-refractivity contribution in [3.8, 4) is 39.5 Å². The van der Waals surface area contributed by atoms with E-state index in [-0.39, 0.29) is 12.0 Å². The van der Waals surface area contributed by atoms with Crippen molar-refractivity contribution in [3.05, 3.63) is 65.2 Å². The van der Waals surface area contributed by atoms with Crippen LogP contribution in [0.5, 0.6) is 17.2 Å². The second-order valence-corrected chi connectivity index (χ2v) is 9.05. The van der Waals surface area contributed by atoms with Gasteiger partial charge in [-0.25, -0.2) is 0 Å². The highest BCUT2D eigenvalue weighted by molar-refractivity contribution is 6.36. The Balaban J connectivity index is 1.60. The average molecular weight is 495 g/mol. The van der Waals surface area contributed by atoms with Gasteiger partial charge in [-0.15, -0.1) is 0 Å². The van der Waals surface area contributed by atoms with Gasteiger partial charge in [-0.2, -0.15) is 0 Å². The summed E-state index contributed by atoms with van der Waals surface area (Å²) in [7, 11) is 0. The van der Waals surface area contributed by atoms with Crippen LogP contribution in [0.1, 0.15) is 26.3 Å². The van der Waals surface area contributed by atoms with E-state index >= 15 is 0 Å². The van der Waals surface area contributed by atoms with Crippen LogP contribution in [0.3, 0.4) is 0 Å². The second-order valence-electron chi connectivity index (χ2n) is 8.67. The SMILES string of the molecule is CC(=O)NCCNCc1ccc(-c2cccc(-c3ccc4c(c3)OCCO4)c2Cl)cc1OC(C)C. The molecule has 1 amide bonds. The Labute approximate surface area is 211 Å². The van der Waals surface area contributed by atoms with Crippen LogP contribution in [0.4, 0.5) is 0 Å². The maximum atomic E-state index is 11.0. The Morgan fingerprint density at radius 1 is 0.971 bits per heavy atom. The third-order valence-electron chi connectivity index (χ3n) is 5.58. The van der Waals surface area contributed by atoms with Gasteiger partial charge in [0.1, 0.15) is 19.0 Å². The monoisotopic (exact) mass is 494 g/mol. The molecule has 35 heavy (non-hydrogen) atoms. The molecule has 7 heteroatoms. The Bertz CT molecular complexity index is 1200. The van der Waals surface area contributed by atoms with Gasteiger partial charge >= 0.3 is 0 Å². The van der Waals surface area contributed by atoms with E-state index in [2.05, 4.69) is 22.8 Å². The number of amides is 1. The highest BCUT2D eigenvalue weighted by Gasteiger charge is 2.16. The fourth-order valence-corrected chi connectivity index (χ4v) is 4.31. The number of carbonyl (C=O) groups excluding carboxylic acids is 1. The number of carbonyl (C=O) groups is 1. The minimum Gasteiger partial charge on any atom is -0.491 e. The van der Waals surface area contributed by atoms with Crippen molar-refractivity contribution in [1.29, 1.82) is 0 Å². The molecule has 0 bridgehead atoms. The van der Waals surface area contributed by atoms with Crippen LogP contribution in [0, 0.1) is 0 Å². The Kier molecular flexibility index (Phi) is 8.16. The first-order valence-electron chi connectivity index (χ1n) is 11.9. The first-order chi connectivity index (χ1) is 16.9. The molecule has 0 aliphatic carbocycles. The number of hydrogen-bond donors (Lipinski definition) is 2. The normalized spacial score (nSPS) is 12.5. The zero-order valence-electron chi connectivity index (χ0n) is 20.3. The van der Waals surface area contributed by atoms with E-state index in [1.54, 1.807) is 0 Å². The average Bonchev–Trinajstić information content (AvgIpc) is 2.84. The number of benzene rings is 3. The molecule has 0 unspecified atom stereocenters. The van der Waals surface area contributed by atoms with E-state index in [1.807, 2.05) is 56.3 Å². The first-order valence-corrected chi connectivity index (χ1v) is 12.2. The quantitative estimate of drug-likeness (QED) is 0.387. The van der Waals surface area contributed by atoms with Gasteiger partial charge in [-0.1, -0.05) is 48.0 Å². The lowest BCUT2D eigenvalue weighted by molar-refractivity contribution is -0.118. The summed E-state index contributed by atoms with van der Waals surface area (Å²) in [5.41, 5.74) is 4.85. The minimum absolute atomic E-state index is 0.0305. The van der Waals surface area contributed by atoms with Crippen LogP contribution < -0.4 is 24.8 Å². The van der Waals surface area contributed by atoms with Gasteiger partial charge in [0, 0.05) is 43.2 Å². The summed E-state index contributed by atoms with van der Waals surface area (Å²) in [4.78, 5) is 11.0. The van der Waals surface area contributed by atoms with Crippen LogP contribution in [-0.4, -0.2) is 38.3 Å². The molecule has 1 heterocycles. The fraction of sp³-hybridized carbons (Fsp3) is 0.321. The predicted octanol–water partition coefficient (Wildman–Crippen LogP) is 5.46. The summed E-state index contributed by atoms with van der Waals surface area (Å²) >= 11 is 6.94. The topological polar surface area (TPSA) is 68.8 Å². The Morgan fingerprint density at radius 3 is 2.37 bits per heavy atom. The highest BCUT2D eigenvalue weighted by atomic mass is 35.5. The molecule has 0 spiro atoms. The van der Waals surface area contributed by atoms with Crippen molar-refractivity contribution in [2.45, 2.75) is 33.4 Å². The zero-order chi connectivity index (χ0) is 24.8. The third kappa shape index (κ3) is 6.27. The van der Waals surface area contributed by atoms with Gasteiger partial charge < -0.3 is 24.8 Å². The molecule has 4 rings (SSSR count). The minimum atomic E-state index is -0.0321. The maximum absolute atomic E-state index is 11.0. The van der Waals surface area contributed by atoms with Crippen molar-refractivity contribution < 1.29 is 19.0 Å². The molecule has 1 aliphatic heterocycles. The van der Waals surface area contributed by atoms with Gasteiger partial charge in [0.15, 0.2) is 11.5 Å². The summed E-state index contributed by atoms with van der Waals surface area (Å²) in [5, 5.41) is 6.81. The van der Waals surface area contributed by atoms with Gasteiger partial charge in [-0.3, -0.25) is 4.79 Å². The number of halogens is 1. The van der Waals surface area contributed by atoms with Crippen LogP contribution in [0.25, 0.3) is 22.3 Å². The predicted molar refractivity (Wildman–Crippen MR) is 139 cm³/mol. The zero-order valence-corrected chi connectivity index (χ0v) is 21.1. The second kappa shape index (κ2) is 11.5. The molecule has 3 aromatic carbocycles. The molecule has 184 valence electrons. The molecule has 0 saturated carbocycles. The number of fused-ring (bicyclic) bond motifs is 1. The summed E-state index contributed by atoms with van der Waals surface area (Å²) in [5.74, 6) is 2.27. The molecular weight excluding hydrogens is 464 g/mol. The molecular formula is C28H31ClN2O4. The molecule has 0 saturated heterocycles. The van der Waals surface area contributed by atoms with Crippen LogP contribution in [0.15, 0.2) is 54.6 Å². The lowest BCUT2D eigenvalue weighted by atomic mass is 9.97. The van der Waals surface area contributed by atoms with Crippen molar-refractivity contribution >= 4 is 17.5 Å². The molecule has 6 nitrogen and oxygen atoms in total. The van der Waals surface area contributed by atoms with Crippen LogP contribution >= 0.6 is 11.6 Å². The van der Waals surface area contributed by atoms with E-state index in [4.69, 9.17) is 25.8 Å². The number of hydrogen-bond acceptors (Lipinski definition) is 5. The van der Waals surface area contributed by atoms with Crippen LogP contribution in [0.2, 0.25) is 5.02 Å². The van der Waals surface area contributed by atoms with Gasteiger partial charge in [0.05, 0.1) is 11.1 Å². The molecule has 0 atom stereocenters. The highest BCUT2D eigenvalue weighted by Crippen LogP contribution is 2.41. The van der Waals surface area contributed by atoms with E-state index in [1.165, 1.54) is 6.92 Å². The van der Waals surface area contributed by atoms with E-state index in [0.29, 0.717) is 37.9 Å². The van der Waals surface area contributed by atoms with Gasteiger partial charge in [-0.05, 0) is 43.2 Å². The van der Waals surface area contributed by atoms with E-state index in [0.717, 1.165) is 45.1 Å². The van der Waals surface area contributed by atoms with Crippen molar-refractivity contribution in [3.63, 3.8) is 0 Å². The van der Waals surface area contributed by atoms with Gasteiger partial charge in [0.25, 0.3) is 0 Å². The smallest absolute Gasteiger partial charge is 0.216 e. The number of ether oxygens (including phenoxy) is 3. The Morgan fingerprint density at radius 2 is 1.66 bits per heavy atom. The summed E-state index contributed by atoms with van der Waals surface area (Å²) in [6, 6.07) is 18.1. The van der Waals surface area contributed by atoms with Gasteiger partial charge in [0.2, 0.25) is 5.91 Å². The molecule has 3 aromatic rings. The third-order valence-corrected chi connectivity index (χ3v) is 5.99. The van der Waals surface area contributed by atoms with Crippen LogP contribution in [-0.2, 0) is 11.3 Å². The lowest BCUT2D eigenvalue weighted by Crippen LogP contribution is -2.30. The first kappa shape index (κ1) is 24.9. The van der Waals surface area contributed by atoms with Crippen molar-refractivity contribution in [2.24, 2.45) is 0 Å². The number of rotatable bonds is 9. The maximum Gasteiger partial charge on any atom is 0.216 e. The summed E-state index contributed by atoms with van der Waals surface area (Å²) in [6.45, 7) is 8.52. The largest absolute Gasteiger partial charge is 0.491 e. The Hall–Kier alpha value is -3.22. The van der Waals surface area contributed by atoms with Crippen molar-refractivity contribution in [2.75, 3.05) is 26.3 Å².